The van der Waals surface area contributed by atoms with Gasteiger partial charge in [-0.05, 0) is 63.4 Å². The van der Waals surface area contributed by atoms with E-state index < -0.39 is 11.4 Å². The third kappa shape index (κ3) is 5.34. The van der Waals surface area contributed by atoms with Crippen molar-refractivity contribution in [1.82, 2.24) is 15.0 Å². The van der Waals surface area contributed by atoms with Gasteiger partial charge in [-0.2, -0.15) is 4.98 Å². The molecule has 10 nitrogen and oxygen atoms in total. The predicted octanol–water partition coefficient (Wildman–Crippen LogP) is 5.17. The molecule has 0 saturated carbocycles. The number of piperidine rings is 1. The summed E-state index contributed by atoms with van der Waals surface area (Å²) in [6.07, 6.45) is 5.22. The number of hydrogen-bond donors (Lipinski definition) is 2. The number of carboxylic acid groups (broad SMARTS) is 1. The molecular weight excluding hydrogens is 486 g/mol. The van der Waals surface area contributed by atoms with Crippen molar-refractivity contribution < 1.29 is 23.8 Å². The number of para-hydroxylation sites is 2. The summed E-state index contributed by atoms with van der Waals surface area (Å²) >= 11 is 0. The molecule has 0 spiro atoms. The number of oxazole rings is 1. The second kappa shape index (κ2) is 10.6. The molecule has 1 unspecified atom stereocenters. The molecule has 198 valence electrons. The third-order valence-electron chi connectivity index (χ3n) is 6.65. The SMILES string of the molecule is CCOc1ccccc1OC1CCCN(c2cncc(Nc3nc4cc(C(C)(C)C(=O)O)ccc4o3)n2)C1. The van der Waals surface area contributed by atoms with Crippen molar-refractivity contribution in [2.24, 2.45) is 0 Å². The average Bonchev–Trinajstić information content (AvgIpc) is 3.32. The molecule has 1 atom stereocenters. The van der Waals surface area contributed by atoms with E-state index >= 15 is 0 Å². The molecule has 2 N–H and O–H groups in total. The topological polar surface area (TPSA) is 123 Å². The number of fused-ring (bicyclic) bond motifs is 1. The number of anilines is 3. The van der Waals surface area contributed by atoms with E-state index in [1.165, 1.54) is 0 Å². The molecule has 0 radical (unpaired) electrons. The molecule has 3 heterocycles. The summed E-state index contributed by atoms with van der Waals surface area (Å²) in [7, 11) is 0. The fraction of sp³-hybridized carbons (Fsp3) is 0.357. The number of carboxylic acids is 1. The van der Waals surface area contributed by atoms with Crippen LogP contribution in [0, 0.1) is 0 Å². The molecule has 1 aliphatic rings. The number of carbonyl (C=O) groups is 1. The van der Waals surface area contributed by atoms with Crippen molar-refractivity contribution in [3.8, 4) is 11.5 Å². The van der Waals surface area contributed by atoms with E-state index in [1.54, 1.807) is 44.4 Å². The van der Waals surface area contributed by atoms with Gasteiger partial charge in [0.2, 0.25) is 0 Å². The molecule has 1 saturated heterocycles. The van der Waals surface area contributed by atoms with E-state index in [-0.39, 0.29) is 12.1 Å². The van der Waals surface area contributed by atoms with Gasteiger partial charge in [0.15, 0.2) is 22.9 Å². The maximum absolute atomic E-state index is 11.6. The second-order valence-electron chi connectivity index (χ2n) is 9.73. The van der Waals surface area contributed by atoms with Crippen LogP contribution < -0.4 is 19.7 Å². The Morgan fingerprint density at radius 3 is 2.79 bits per heavy atom. The first-order valence-electron chi connectivity index (χ1n) is 12.7. The first kappa shape index (κ1) is 25.3. The van der Waals surface area contributed by atoms with Gasteiger partial charge < -0.3 is 23.9 Å². The fourth-order valence-corrected chi connectivity index (χ4v) is 4.42. The van der Waals surface area contributed by atoms with E-state index in [0.717, 1.165) is 36.7 Å². The number of benzene rings is 2. The number of aromatic nitrogens is 3. The van der Waals surface area contributed by atoms with E-state index in [4.69, 9.17) is 18.9 Å². The Bertz CT molecular complexity index is 1440. The minimum Gasteiger partial charge on any atom is -0.490 e. The molecule has 1 fully saturated rings. The standard InChI is InChI=1S/C28H31N5O5/c1-4-36-22-9-5-6-10-23(22)37-19-8-7-13-33(17-19)25-16-29-15-24(31-25)32-27-30-20-14-18(11-12-21(20)38-27)28(2,3)26(34)35/h5-6,9-12,14-16,19H,4,7-8,13,17H2,1-3H3,(H,34,35)(H,30,31,32). The lowest BCUT2D eigenvalue weighted by Gasteiger charge is -2.33. The maximum atomic E-state index is 11.6. The van der Waals surface area contributed by atoms with E-state index in [1.807, 2.05) is 31.2 Å². The summed E-state index contributed by atoms with van der Waals surface area (Å²) < 4.78 is 17.8. The Hall–Kier alpha value is -4.34. The van der Waals surface area contributed by atoms with Crippen molar-refractivity contribution in [3.05, 3.63) is 60.4 Å². The number of nitrogens with zero attached hydrogens (tertiary/aromatic N) is 4. The van der Waals surface area contributed by atoms with Crippen LogP contribution in [0.1, 0.15) is 39.2 Å². The van der Waals surface area contributed by atoms with Crippen molar-refractivity contribution in [2.75, 3.05) is 29.9 Å². The van der Waals surface area contributed by atoms with Crippen molar-refractivity contribution in [1.29, 1.82) is 0 Å². The molecule has 5 rings (SSSR count). The Balaban J connectivity index is 1.29. The van der Waals surface area contributed by atoms with Crippen LogP contribution in [0.15, 0.2) is 59.3 Å². The van der Waals surface area contributed by atoms with Crippen LogP contribution in [0.5, 0.6) is 11.5 Å². The summed E-state index contributed by atoms with van der Waals surface area (Å²) in [6, 6.07) is 13.2. The minimum absolute atomic E-state index is 0.00920. The monoisotopic (exact) mass is 517 g/mol. The number of ether oxygens (including phenoxy) is 2. The van der Waals surface area contributed by atoms with Crippen molar-refractivity contribution in [2.45, 2.75) is 45.1 Å². The Kier molecular flexibility index (Phi) is 7.04. The Labute approximate surface area is 220 Å². The fourth-order valence-electron chi connectivity index (χ4n) is 4.42. The lowest BCUT2D eigenvalue weighted by Crippen LogP contribution is -2.41. The highest BCUT2D eigenvalue weighted by Crippen LogP contribution is 2.31. The molecule has 10 heteroatoms. The van der Waals surface area contributed by atoms with Gasteiger partial charge >= 0.3 is 12.0 Å². The zero-order valence-corrected chi connectivity index (χ0v) is 21.7. The molecular formula is C28H31N5O5. The van der Waals surface area contributed by atoms with Gasteiger partial charge in [0, 0.05) is 6.54 Å². The third-order valence-corrected chi connectivity index (χ3v) is 6.65. The number of aliphatic carboxylic acids is 1. The van der Waals surface area contributed by atoms with Crippen LogP contribution in [-0.2, 0) is 10.2 Å². The van der Waals surface area contributed by atoms with E-state index in [2.05, 4.69) is 20.2 Å². The number of hydrogen-bond acceptors (Lipinski definition) is 9. The van der Waals surface area contributed by atoms with Crippen molar-refractivity contribution >= 4 is 34.7 Å². The van der Waals surface area contributed by atoms with Gasteiger partial charge in [0.1, 0.15) is 17.4 Å². The van der Waals surface area contributed by atoms with Crippen LogP contribution in [0.4, 0.5) is 17.7 Å². The predicted molar refractivity (Wildman–Crippen MR) is 143 cm³/mol. The number of nitrogens with one attached hydrogen (secondary N) is 1. The largest absolute Gasteiger partial charge is 0.490 e. The van der Waals surface area contributed by atoms with Crippen LogP contribution in [0.2, 0.25) is 0 Å². The van der Waals surface area contributed by atoms with Crippen LogP contribution >= 0.6 is 0 Å². The minimum atomic E-state index is -1.04. The van der Waals surface area contributed by atoms with Crippen molar-refractivity contribution in [3.63, 3.8) is 0 Å². The van der Waals surface area contributed by atoms with Gasteiger partial charge in [0.25, 0.3) is 0 Å². The summed E-state index contributed by atoms with van der Waals surface area (Å²) in [6.45, 7) is 7.36. The summed E-state index contributed by atoms with van der Waals surface area (Å²) in [4.78, 5) is 27.4. The smallest absolute Gasteiger partial charge is 0.313 e. The van der Waals surface area contributed by atoms with Gasteiger partial charge in [-0.25, -0.2) is 4.98 Å². The normalized spacial score (nSPS) is 15.9. The zero-order chi connectivity index (χ0) is 26.7. The molecule has 38 heavy (non-hydrogen) atoms. The summed E-state index contributed by atoms with van der Waals surface area (Å²) in [5.41, 5.74) is 0.711. The number of rotatable bonds is 9. The molecule has 0 bridgehead atoms. The maximum Gasteiger partial charge on any atom is 0.313 e. The molecule has 2 aromatic heterocycles. The van der Waals surface area contributed by atoms with E-state index in [9.17, 15) is 9.90 Å². The lowest BCUT2D eigenvalue weighted by molar-refractivity contribution is -0.142. The Morgan fingerprint density at radius 1 is 1.18 bits per heavy atom. The highest BCUT2D eigenvalue weighted by Gasteiger charge is 2.30. The first-order valence-corrected chi connectivity index (χ1v) is 12.7. The van der Waals surface area contributed by atoms with Crippen LogP contribution in [0.25, 0.3) is 11.1 Å². The van der Waals surface area contributed by atoms with Crippen LogP contribution in [0.3, 0.4) is 0 Å². The first-order chi connectivity index (χ1) is 18.3. The summed E-state index contributed by atoms with van der Waals surface area (Å²) in [5.74, 6) is 1.80. The van der Waals surface area contributed by atoms with Gasteiger partial charge in [-0.15, -0.1) is 0 Å². The zero-order valence-electron chi connectivity index (χ0n) is 21.7. The van der Waals surface area contributed by atoms with Gasteiger partial charge in [-0.3, -0.25) is 15.1 Å². The van der Waals surface area contributed by atoms with Gasteiger partial charge in [0.05, 0.1) is 31.0 Å². The molecule has 1 aliphatic heterocycles. The van der Waals surface area contributed by atoms with Crippen LogP contribution in [-0.4, -0.2) is 51.8 Å². The molecule has 0 amide bonds. The highest BCUT2D eigenvalue weighted by atomic mass is 16.5. The Morgan fingerprint density at radius 2 is 2.00 bits per heavy atom. The quantitative estimate of drug-likeness (QED) is 0.307. The lowest BCUT2D eigenvalue weighted by atomic mass is 9.85. The highest BCUT2D eigenvalue weighted by molar-refractivity contribution is 5.83. The molecule has 0 aliphatic carbocycles. The average molecular weight is 518 g/mol. The van der Waals surface area contributed by atoms with E-state index in [0.29, 0.717) is 35.6 Å². The molecule has 2 aromatic carbocycles. The second-order valence-corrected chi connectivity index (χ2v) is 9.73. The molecule has 4 aromatic rings. The summed E-state index contributed by atoms with van der Waals surface area (Å²) in [5, 5.41) is 12.6. The van der Waals surface area contributed by atoms with Gasteiger partial charge in [-0.1, -0.05) is 18.2 Å².